The van der Waals surface area contributed by atoms with E-state index in [1.807, 2.05) is 18.2 Å². The van der Waals surface area contributed by atoms with E-state index in [0.29, 0.717) is 27.1 Å². The monoisotopic (exact) mass is 425 g/mol. The molecule has 0 radical (unpaired) electrons. The number of fused-ring (bicyclic) bond motifs is 1. The number of carbonyl (C=O) groups excluding carboxylic acids is 1. The maximum absolute atomic E-state index is 11.8. The van der Waals surface area contributed by atoms with Crippen molar-refractivity contribution in [1.29, 1.82) is 0 Å². The van der Waals surface area contributed by atoms with E-state index in [9.17, 15) is 4.79 Å². The highest BCUT2D eigenvalue weighted by atomic mass is 35.5. The average Bonchev–Trinajstić information content (AvgIpc) is 2.97. The molecule has 8 heteroatoms. The molecule has 1 aliphatic rings. The fraction of sp³-hybridized carbons (Fsp3) is 0.474. The van der Waals surface area contributed by atoms with E-state index in [2.05, 4.69) is 29.4 Å². The van der Waals surface area contributed by atoms with Crippen LogP contribution in [0, 0.1) is 0 Å². The lowest BCUT2D eigenvalue weighted by atomic mass is 10.0. The summed E-state index contributed by atoms with van der Waals surface area (Å²) in [5.41, 5.74) is 0.869. The van der Waals surface area contributed by atoms with Crippen LogP contribution in [0.2, 0.25) is 5.02 Å². The molecule has 0 unspecified atom stereocenters. The topological polar surface area (TPSA) is 53.6 Å². The summed E-state index contributed by atoms with van der Waals surface area (Å²) in [6.07, 6.45) is 2.17. The van der Waals surface area contributed by atoms with Gasteiger partial charge in [0.15, 0.2) is 5.11 Å². The lowest BCUT2D eigenvalue weighted by Crippen LogP contribution is -2.47. The summed E-state index contributed by atoms with van der Waals surface area (Å²) in [6, 6.07) is 6.75. The van der Waals surface area contributed by atoms with Crippen LogP contribution in [0.3, 0.4) is 0 Å². The Balaban J connectivity index is 1.63. The van der Waals surface area contributed by atoms with Crippen LogP contribution in [0.4, 0.5) is 5.69 Å². The molecule has 0 aliphatic carbocycles. The summed E-state index contributed by atoms with van der Waals surface area (Å²) >= 11 is 13.1. The van der Waals surface area contributed by atoms with E-state index in [1.165, 1.54) is 18.4 Å². The molecule has 2 N–H and O–H groups in total. The van der Waals surface area contributed by atoms with Crippen LogP contribution in [0.1, 0.15) is 36.4 Å². The van der Waals surface area contributed by atoms with Crippen molar-refractivity contribution in [3.8, 4) is 0 Å². The molecule has 1 aliphatic heterocycles. The number of methoxy groups -OCH3 is 1. The Morgan fingerprint density at radius 2 is 2.07 bits per heavy atom. The number of piperidine rings is 1. The Labute approximate surface area is 174 Å². The number of hydrogen-bond acceptors (Lipinski definition) is 5. The standard InChI is InChI=1S/C19H24ClN3O2S2/c1-11(2)23-8-6-12(7-9-23)21-19(26)22-13-4-5-14-15(10-13)27-17(16(14)20)18(24)25-3/h4-5,10-12H,6-9H2,1-3H3,(H2,21,22,26). The van der Waals surface area contributed by atoms with Gasteiger partial charge in [-0.2, -0.15) is 0 Å². The molecule has 3 rings (SSSR count). The minimum atomic E-state index is -0.416. The second kappa shape index (κ2) is 8.73. The van der Waals surface area contributed by atoms with Crippen molar-refractivity contribution in [2.45, 2.75) is 38.8 Å². The molecule has 0 bridgehead atoms. The predicted molar refractivity (Wildman–Crippen MR) is 117 cm³/mol. The highest BCUT2D eigenvalue weighted by Crippen LogP contribution is 2.37. The average molecular weight is 426 g/mol. The van der Waals surface area contributed by atoms with Gasteiger partial charge >= 0.3 is 5.97 Å². The number of hydrogen-bond donors (Lipinski definition) is 2. The molecule has 0 spiro atoms. The number of carbonyl (C=O) groups is 1. The zero-order chi connectivity index (χ0) is 19.6. The van der Waals surface area contributed by atoms with Crippen LogP contribution >= 0.6 is 35.2 Å². The molecule has 1 aromatic carbocycles. The first-order valence-corrected chi connectivity index (χ1v) is 10.6. The van der Waals surface area contributed by atoms with Crippen LogP contribution < -0.4 is 10.6 Å². The summed E-state index contributed by atoms with van der Waals surface area (Å²) < 4.78 is 5.70. The van der Waals surface area contributed by atoms with Crippen molar-refractivity contribution in [3.05, 3.63) is 28.1 Å². The molecule has 1 aromatic heterocycles. The first-order valence-electron chi connectivity index (χ1n) is 9.01. The largest absolute Gasteiger partial charge is 0.465 e. The zero-order valence-electron chi connectivity index (χ0n) is 15.7. The first kappa shape index (κ1) is 20.3. The van der Waals surface area contributed by atoms with Gasteiger partial charge in [-0.1, -0.05) is 11.6 Å². The lowest BCUT2D eigenvalue weighted by molar-refractivity contribution is 0.0606. The molecule has 0 saturated carbocycles. The number of anilines is 1. The summed E-state index contributed by atoms with van der Waals surface area (Å²) in [5, 5.41) is 8.55. The normalized spacial score (nSPS) is 15.9. The second-order valence-corrected chi connectivity index (χ2v) is 8.79. The van der Waals surface area contributed by atoms with E-state index in [-0.39, 0.29) is 0 Å². The summed E-state index contributed by atoms with van der Waals surface area (Å²) in [4.78, 5) is 14.7. The van der Waals surface area contributed by atoms with Crippen molar-refractivity contribution in [1.82, 2.24) is 10.2 Å². The van der Waals surface area contributed by atoms with Crippen LogP contribution in [0.25, 0.3) is 10.1 Å². The van der Waals surface area contributed by atoms with Gasteiger partial charge in [0.25, 0.3) is 0 Å². The SMILES string of the molecule is COC(=O)c1sc2cc(NC(=S)NC3CCN(C(C)C)CC3)ccc2c1Cl. The molecule has 2 heterocycles. The van der Waals surface area contributed by atoms with E-state index in [4.69, 9.17) is 28.6 Å². The lowest BCUT2D eigenvalue weighted by Gasteiger charge is -2.35. The molecule has 146 valence electrons. The summed E-state index contributed by atoms with van der Waals surface area (Å²) in [5.74, 6) is -0.416. The minimum absolute atomic E-state index is 0.394. The molecule has 0 amide bonds. The number of nitrogens with one attached hydrogen (secondary N) is 2. The van der Waals surface area contributed by atoms with E-state index in [0.717, 1.165) is 41.7 Å². The Hall–Kier alpha value is -1.41. The van der Waals surface area contributed by atoms with Crippen molar-refractivity contribution < 1.29 is 9.53 Å². The minimum Gasteiger partial charge on any atom is -0.465 e. The van der Waals surface area contributed by atoms with E-state index in [1.54, 1.807) is 0 Å². The number of thiophene rings is 1. The van der Waals surface area contributed by atoms with Gasteiger partial charge < -0.3 is 20.3 Å². The maximum atomic E-state index is 11.8. The highest BCUT2D eigenvalue weighted by molar-refractivity contribution is 7.80. The number of rotatable bonds is 4. The zero-order valence-corrected chi connectivity index (χ0v) is 18.1. The molecule has 27 heavy (non-hydrogen) atoms. The van der Waals surface area contributed by atoms with Crippen LogP contribution in [0.5, 0.6) is 0 Å². The van der Waals surface area contributed by atoms with Gasteiger partial charge in [-0.15, -0.1) is 11.3 Å². The van der Waals surface area contributed by atoms with Crippen molar-refractivity contribution in [2.24, 2.45) is 0 Å². The van der Waals surface area contributed by atoms with Crippen LogP contribution in [-0.2, 0) is 4.74 Å². The number of esters is 1. The molecule has 0 atom stereocenters. The Morgan fingerprint density at radius 1 is 1.37 bits per heavy atom. The number of nitrogens with zero attached hydrogens (tertiary/aromatic N) is 1. The van der Waals surface area contributed by atoms with Crippen LogP contribution in [0.15, 0.2) is 18.2 Å². The summed E-state index contributed by atoms with van der Waals surface area (Å²) in [6.45, 7) is 6.65. The van der Waals surface area contributed by atoms with Crippen molar-refractivity contribution >= 4 is 62.0 Å². The Morgan fingerprint density at radius 3 is 2.70 bits per heavy atom. The predicted octanol–water partition coefficient (Wildman–Crippen LogP) is 4.50. The number of ether oxygens (including phenoxy) is 1. The molecular formula is C19H24ClN3O2S2. The molecule has 2 aromatic rings. The highest BCUT2D eigenvalue weighted by Gasteiger charge is 2.21. The molecule has 1 saturated heterocycles. The van der Waals surface area contributed by atoms with Gasteiger partial charge in [0.2, 0.25) is 0 Å². The number of thiocarbonyl (C=S) groups is 1. The quantitative estimate of drug-likeness (QED) is 0.555. The Bertz CT molecular complexity index is 845. The van der Waals surface area contributed by atoms with Crippen molar-refractivity contribution in [2.75, 3.05) is 25.5 Å². The van der Waals surface area contributed by atoms with Gasteiger partial charge in [0.1, 0.15) is 4.88 Å². The third-order valence-corrected chi connectivity index (χ3v) is 6.71. The summed E-state index contributed by atoms with van der Waals surface area (Å²) in [7, 11) is 1.35. The van der Waals surface area contributed by atoms with Gasteiger partial charge in [-0.3, -0.25) is 0 Å². The van der Waals surface area contributed by atoms with Gasteiger partial charge in [-0.25, -0.2) is 4.79 Å². The third-order valence-electron chi connectivity index (χ3n) is 4.85. The van der Waals surface area contributed by atoms with Crippen molar-refractivity contribution in [3.63, 3.8) is 0 Å². The van der Waals surface area contributed by atoms with E-state index < -0.39 is 5.97 Å². The van der Waals surface area contributed by atoms with Gasteiger partial charge in [-0.05, 0) is 57.1 Å². The van der Waals surface area contributed by atoms with Gasteiger partial charge in [0.05, 0.1) is 12.1 Å². The molecule has 1 fully saturated rings. The van der Waals surface area contributed by atoms with E-state index >= 15 is 0 Å². The number of halogens is 1. The fourth-order valence-corrected chi connectivity index (χ4v) is 5.03. The third kappa shape index (κ3) is 4.71. The van der Waals surface area contributed by atoms with Gasteiger partial charge in [0, 0.05) is 40.9 Å². The smallest absolute Gasteiger partial charge is 0.349 e. The second-order valence-electron chi connectivity index (χ2n) is 6.95. The number of likely N-dealkylation sites (tertiary alicyclic amines) is 1. The first-order chi connectivity index (χ1) is 12.9. The molecular weight excluding hydrogens is 402 g/mol. The van der Waals surface area contributed by atoms with Crippen LogP contribution in [-0.4, -0.2) is 48.3 Å². The molecule has 5 nitrogen and oxygen atoms in total. The number of benzene rings is 1. The Kier molecular flexibility index (Phi) is 6.57. The fourth-order valence-electron chi connectivity index (χ4n) is 3.28. The maximum Gasteiger partial charge on any atom is 0.349 e.